The van der Waals surface area contributed by atoms with E-state index in [0.717, 1.165) is 43.2 Å². The Kier molecular flexibility index (Phi) is 16.8. The van der Waals surface area contributed by atoms with Crippen LogP contribution in [0.1, 0.15) is 76.3 Å². The molecule has 14 heteroatoms. The lowest BCUT2D eigenvalue weighted by atomic mass is 9.85. The van der Waals surface area contributed by atoms with Crippen molar-refractivity contribution in [2.24, 2.45) is 5.92 Å². The number of halogens is 1. The number of nitrogens with one attached hydrogen (secondary N) is 2. The van der Waals surface area contributed by atoms with Crippen LogP contribution in [0.15, 0.2) is 48.8 Å². The molecule has 2 aromatic rings. The van der Waals surface area contributed by atoms with Crippen LogP contribution in [0.3, 0.4) is 0 Å². The third-order valence-electron chi connectivity index (χ3n) is 8.35. The first-order valence-electron chi connectivity index (χ1n) is 16.7. The van der Waals surface area contributed by atoms with Gasteiger partial charge in [0.1, 0.15) is 0 Å². The maximum atomic E-state index is 13.9. The van der Waals surface area contributed by atoms with E-state index in [-0.39, 0.29) is 50.8 Å². The molecule has 1 aliphatic carbocycles. The first kappa shape index (κ1) is 39.4. The number of amides is 3. The van der Waals surface area contributed by atoms with Crippen molar-refractivity contribution in [2.45, 2.75) is 96.2 Å². The summed E-state index contributed by atoms with van der Waals surface area (Å²) in [6.45, 7) is 3.80. The second-order valence-corrected chi connectivity index (χ2v) is 14.5. The number of likely N-dealkylation sites (N-methyl/N-ethyl adjacent to an activating group) is 1. The first-order valence-corrected chi connectivity index (χ1v) is 18.7. The second-order valence-electron chi connectivity index (χ2n) is 12.0. The Balaban J connectivity index is 1.75. The lowest BCUT2D eigenvalue weighted by Gasteiger charge is -2.31. The third kappa shape index (κ3) is 13.1. The molecule has 0 radical (unpaired) electrons. The molecule has 1 aliphatic rings. The van der Waals surface area contributed by atoms with E-state index in [1.807, 2.05) is 12.1 Å². The van der Waals surface area contributed by atoms with Crippen LogP contribution in [0.25, 0.3) is 0 Å². The molecule has 0 spiro atoms. The monoisotopic (exact) mass is 708 g/mol. The van der Waals surface area contributed by atoms with Crippen molar-refractivity contribution in [2.75, 3.05) is 26.8 Å². The van der Waals surface area contributed by atoms with Crippen LogP contribution in [-0.2, 0) is 40.9 Å². The van der Waals surface area contributed by atoms with Crippen LogP contribution in [-0.4, -0.2) is 77.7 Å². The molecule has 12 nitrogen and oxygen atoms in total. The fourth-order valence-electron chi connectivity index (χ4n) is 5.71. The summed E-state index contributed by atoms with van der Waals surface area (Å²) in [4.78, 5) is 45.5. The zero-order valence-corrected chi connectivity index (χ0v) is 29.8. The highest BCUT2D eigenvalue weighted by atomic mass is 35.5. The summed E-state index contributed by atoms with van der Waals surface area (Å²) >= 11 is 6.06. The number of hydrogen-bond acceptors (Lipinski definition) is 9. The highest BCUT2D eigenvalue weighted by molar-refractivity contribution is 7.54. The smallest absolute Gasteiger partial charge is 0.408 e. The van der Waals surface area contributed by atoms with E-state index in [1.165, 1.54) is 0 Å². The zero-order valence-electron chi connectivity index (χ0n) is 28.1. The van der Waals surface area contributed by atoms with Gasteiger partial charge in [0.25, 0.3) is 5.91 Å². The first-order chi connectivity index (χ1) is 23.0. The summed E-state index contributed by atoms with van der Waals surface area (Å²) in [7, 11) is -2.45. The molecule has 3 rings (SSSR count). The fourth-order valence-corrected chi connectivity index (χ4v) is 7.69. The lowest BCUT2D eigenvalue weighted by molar-refractivity contribution is -0.133. The van der Waals surface area contributed by atoms with Crippen molar-refractivity contribution in [1.82, 2.24) is 20.5 Å². The Hall–Kier alpha value is -3.02. The Morgan fingerprint density at radius 1 is 1.06 bits per heavy atom. The number of aromatic nitrogens is 1. The topological polar surface area (TPSA) is 156 Å². The van der Waals surface area contributed by atoms with Gasteiger partial charge in [-0.2, -0.15) is 0 Å². The Morgan fingerprint density at radius 3 is 2.40 bits per heavy atom. The molecule has 1 aromatic carbocycles. The summed E-state index contributed by atoms with van der Waals surface area (Å²) < 4.78 is 30.1. The normalized spacial score (nSPS) is 15.6. The number of carbonyl (C=O) groups excluding carboxylic acids is 3. The fraction of sp³-hybridized carbons (Fsp3) is 0.588. The molecule has 3 atom stereocenters. The molecular weight excluding hydrogens is 659 g/mol. The van der Waals surface area contributed by atoms with Gasteiger partial charge in [0, 0.05) is 44.0 Å². The minimum absolute atomic E-state index is 0.00804. The predicted octanol–water partition coefficient (Wildman–Crippen LogP) is 5.85. The molecule has 0 aliphatic heterocycles. The van der Waals surface area contributed by atoms with Gasteiger partial charge in [-0.05, 0) is 74.4 Å². The van der Waals surface area contributed by atoms with E-state index < -0.39 is 37.6 Å². The standard InChI is InChI=1S/C34H50ClN4O8P/c1-4-45-48(44,46-5-2)33(42)29(14-15-31(40)39(3)21-18-25-16-19-36-20-17-25)38-32(41)30(23-26-10-7-6-8-11-26)47-34(43)37-24-27-12-9-13-28(35)22-27/h9,12-13,16-17,19-20,22,26,29-30,33,42H,4-8,10-11,14-15,18,21,23-24H2,1-3H3,(H,37,43)(H,38,41)/t29-,30-,33?/m0/s1. The van der Waals surface area contributed by atoms with E-state index in [9.17, 15) is 24.1 Å². The molecule has 1 aromatic heterocycles. The van der Waals surface area contributed by atoms with Gasteiger partial charge in [-0.15, -0.1) is 0 Å². The van der Waals surface area contributed by atoms with Crippen LogP contribution in [0.5, 0.6) is 0 Å². The molecule has 1 fully saturated rings. The quantitative estimate of drug-likeness (QED) is 0.152. The Morgan fingerprint density at radius 2 is 1.75 bits per heavy atom. The molecule has 1 unspecified atom stereocenters. The largest absolute Gasteiger partial charge is 0.436 e. The van der Waals surface area contributed by atoms with Crippen LogP contribution >= 0.6 is 19.2 Å². The number of nitrogens with zero attached hydrogens (tertiary/aromatic N) is 2. The number of pyridine rings is 1. The van der Waals surface area contributed by atoms with Crippen LogP contribution in [0, 0.1) is 5.92 Å². The molecule has 266 valence electrons. The average molecular weight is 709 g/mol. The van der Waals surface area contributed by atoms with E-state index in [1.54, 1.807) is 62.5 Å². The summed E-state index contributed by atoms with van der Waals surface area (Å²) in [6, 6.07) is 9.56. The van der Waals surface area contributed by atoms with E-state index in [0.29, 0.717) is 18.0 Å². The molecule has 0 bridgehead atoms. The number of hydrogen-bond donors (Lipinski definition) is 3. The SMILES string of the molecule is CCOP(=O)(OCC)C(O)[C@H](CCC(=O)N(C)CCc1ccncc1)NC(=O)[C@H](CC1CCCCC1)OC(=O)NCc1cccc(Cl)c1. The Labute approximate surface area is 288 Å². The number of aliphatic hydroxyl groups excluding tert-OH is 1. The van der Waals surface area contributed by atoms with E-state index in [4.69, 9.17) is 25.4 Å². The third-order valence-corrected chi connectivity index (χ3v) is 10.8. The summed E-state index contributed by atoms with van der Waals surface area (Å²) in [6.07, 6.45) is 7.11. The van der Waals surface area contributed by atoms with E-state index >= 15 is 0 Å². The van der Waals surface area contributed by atoms with Crippen molar-refractivity contribution in [3.8, 4) is 0 Å². The molecule has 1 heterocycles. The van der Waals surface area contributed by atoms with Crippen molar-refractivity contribution < 1.29 is 37.8 Å². The molecular formula is C34H50ClN4O8P. The number of benzene rings is 1. The van der Waals surface area contributed by atoms with Crippen molar-refractivity contribution in [1.29, 1.82) is 0 Å². The summed E-state index contributed by atoms with van der Waals surface area (Å²) in [5, 5.41) is 17.3. The van der Waals surface area contributed by atoms with Crippen molar-refractivity contribution in [3.05, 3.63) is 64.9 Å². The van der Waals surface area contributed by atoms with Gasteiger partial charge in [0.15, 0.2) is 11.9 Å². The minimum atomic E-state index is -4.12. The highest BCUT2D eigenvalue weighted by Crippen LogP contribution is 2.53. The highest BCUT2D eigenvalue weighted by Gasteiger charge is 2.42. The number of alkyl carbamates (subject to hydrolysis) is 1. The number of rotatable bonds is 19. The maximum Gasteiger partial charge on any atom is 0.408 e. The van der Waals surface area contributed by atoms with Gasteiger partial charge in [0.2, 0.25) is 5.91 Å². The molecule has 0 saturated heterocycles. The van der Waals surface area contributed by atoms with Crippen LogP contribution in [0.2, 0.25) is 5.02 Å². The zero-order chi connectivity index (χ0) is 34.9. The van der Waals surface area contributed by atoms with Crippen molar-refractivity contribution in [3.63, 3.8) is 0 Å². The molecule has 3 N–H and O–H groups in total. The summed E-state index contributed by atoms with van der Waals surface area (Å²) in [5.41, 5.74) is 1.79. The maximum absolute atomic E-state index is 13.9. The van der Waals surface area contributed by atoms with Gasteiger partial charge < -0.3 is 34.4 Å². The average Bonchev–Trinajstić information content (AvgIpc) is 3.08. The number of ether oxygens (including phenoxy) is 1. The molecule has 3 amide bonds. The van der Waals surface area contributed by atoms with Gasteiger partial charge in [-0.25, -0.2) is 4.79 Å². The van der Waals surface area contributed by atoms with Crippen LogP contribution in [0.4, 0.5) is 4.79 Å². The predicted molar refractivity (Wildman–Crippen MR) is 183 cm³/mol. The minimum Gasteiger partial charge on any atom is -0.436 e. The second kappa shape index (κ2) is 20.5. The van der Waals surface area contributed by atoms with E-state index in [2.05, 4.69) is 15.6 Å². The Bertz CT molecular complexity index is 1340. The van der Waals surface area contributed by atoms with Crippen molar-refractivity contribution >= 4 is 37.1 Å². The number of aliphatic hydroxyl groups is 1. The van der Waals surface area contributed by atoms with Gasteiger partial charge in [-0.1, -0.05) is 55.8 Å². The molecule has 1 saturated carbocycles. The summed E-state index contributed by atoms with van der Waals surface area (Å²) in [5.74, 6) is -2.51. The van der Waals surface area contributed by atoms with Crippen LogP contribution < -0.4 is 10.6 Å². The molecule has 48 heavy (non-hydrogen) atoms. The van der Waals surface area contributed by atoms with Gasteiger partial charge in [0.05, 0.1) is 19.3 Å². The lowest BCUT2D eigenvalue weighted by Crippen LogP contribution is -2.50. The van der Waals surface area contributed by atoms with Gasteiger partial charge in [-0.3, -0.25) is 19.1 Å². The van der Waals surface area contributed by atoms with Gasteiger partial charge >= 0.3 is 13.7 Å². The number of carbonyl (C=O) groups is 3.